The fourth-order valence-electron chi connectivity index (χ4n) is 3.96. The van der Waals surface area contributed by atoms with Gasteiger partial charge in [0.2, 0.25) is 5.95 Å². The molecule has 3 aliphatic heterocycles. The van der Waals surface area contributed by atoms with Crippen LogP contribution in [-0.4, -0.2) is 47.5 Å². The van der Waals surface area contributed by atoms with Crippen molar-refractivity contribution in [3.05, 3.63) is 5.82 Å². The number of hydrogen-bond donors (Lipinski definition) is 2. The van der Waals surface area contributed by atoms with E-state index in [0.717, 1.165) is 56.3 Å². The molecule has 6 heteroatoms. The van der Waals surface area contributed by atoms with Gasteiger partial charge >= 0.3 is 0 Å². The van der Waals surface area contributed by atoms with Crippen molar-refractivity contribution in [3.8, 4) is 0 Å². The number of nitrogens with one attached hydrogen (secondary N) is 2. The largest absolute Gasteiger partial charge is 0.370 e. The molecule has 3 aliphatic rings. The minimum absolute atomic E-state index is 0.131. The molecule has 3 fully saturated rings. The molecule has 0 saturated carbocycles. The van der Waals surface area contributed by atoms with Crippen LogP contribution >= 0.6 is 0 Å². The first-order valence-corrected chi connectivity index (χ1v) is 8.42. The quantitative estimate of drug-likeness (QED) is 0.886. The molecule has 0 spiro atoms. The molecular weight excluding hydrogens is 266 g/mol. The summed E-state index contributed by atoms with van der Waals surface area (Å²) in [5.41, 5.74) is 0. The van der Waals surface area contributed by atoms with Crippen LogP contribution in [0.4, 0.5) is 5.95 Å². The molecule has 21 heavy (non-hydrogen) atoms. The zero-order valence-corrected chi connectivity index (χ0v) is 12.6. The molecule has 0 radical (unpaired) electrons. The van der Waals surface area contributed by atoms with Crippen molar-refractivity contribution in [2.75, 3.05) is 31.1 Å². The normalized spacial score (nSPS) is 31.1. The Morgan fingerprint density at radius 3 is 2.71 bits per heavy atom. The van der Waals surface area contributed by atoms with E-state index in [1.807, 2.05) is 0 Å². The summed E-state index contributed by atoms with van der Waals surface area (Å²) < 4.78 is 5.66. The van der Waals surface area contributed by atoms with Gasteiger partial charge in [-0.2, -0.15) is 4.98 Å². The Kier molecular flexibility index (Phi) is 3.82. The number of rotatable bonds is 3. The predicted molar refractivity (Wildman–Crippen MR) is 80.3 cm³/mol. The number of nitrogens with zero attached hydrogens (tertiary/aromatic N) is 3. The Balaban J connectivity index is 1.35. The first-order valence-electron chi connectivity index (χ1n) is 8.42. The molecule has 0 aliphatic carbocycles. The third-order valence-corrected chi connectivity index (χ3v) is 5.22. The van der Waals surface area contributed by atoms with E-state index >= 15 is 0 Å². The first kappa shape index (κ1) is 13.5. The summed E-state index contributed by atoms with van der Waals surface area (Å²) in [4.78, 5) is 6.98. The summed E-state index contributed by atoms with van der Waals surface area (Å²) >= 11 is 0. The SMILES string of the molecule is C1COC(c2nc(N3CCC(C4CCCN4)CC3)n[nH]2)C1. The Bertz CT molecular complexity index is 456. The second-order valence-corrected chi connectivity index (χ2v) is 6.55. The summed E-state index contributed by atoms with van der Waals surface area (Å²) in [5, 5.41) is 11.1. The number of H-pyrrole nitrogens is 1. The van der Waals surface area contributed by atoms with Crippen LogP contribution in [0.25, 0.3) is 0 Å². The van der Waals surface area contributed by atoms with Crippen LogP contribution in [0.2, 0.25) is 0 Å². The van der Waals surface area contributed by atoms with Gasteiger partial charge in [-0.25, -0.2) is 0 Å². The van der Waals surface area contributed by atoms with Gasteiger partial charge in [0.15, 0.2) is 5.82 Å². The lowest BCUT2D eigenvalue weighted by Gasteiger charge is -2.34. The Morgan fingerprint density at radius 2 is 2.00 bits per heavy atom. The standard InChI is InChI=1S/C15H25N5O/c1-3-12(16-7-1)11-5-8-20(9-6-11)15-17-14(18-19-15)13-4-2-10-21-13/h11-13,16H,1-10H2,(H,17,18,19). The van der Waals surface area contributed by atoms with Crippen LogP contribution in [0.3, 0.4) is 0 Å². The van der Waals surface area contributed by atoms with Crippen LogP contribution in [0.5, 0.6) is 0 Å². The van der Waals surface area contributed by atoms with Gasteiger partial charge in [-0.3, -0.25) is 5.10 Å². The number of aromatic nitrogens is 3. The van der Waals surface area contributed by atoms with E-state index in [1.165, 1.54) is 32.2 Å². The highest BCUT2D eigenvalue weighted by Gasteiger charge is 2.30. The lowest BCUT2D eigenvalue weighted by Crippen LogP contribution is -2.41. The molecule has 2 unspecified atom stereocenters. The van der Waals surface area contributed by atoms with Crippen LogP contribution in [-0.2, 0) is 4.74 Å². The van der Waals surface area contributed by atoms with E-state index in [0.29, 0.717) is 0 Å². The number of ether oxygens (including phenoxy) is 1. The van der Waals surface area contributed by atoms with Crippen molar-refractivity contribution in [2.45, 2.75) is 50.7 Å². The van der Waals surface area contributed by atoms with Crippen molar-refractivity contribution in [3.63, 3.8) is 0 Å². The fourth-order valence-corrected chi connectivity index (χ4v) is 3.96. The molecule has 4 heterocycles. The predicted octanol–water partition coefficient (Wildman–Crippen LogP) is 1.62. The summed E-state index contributed by atoms with van der Waals surface area (Å²) in [6, 6.07) is 0.752. The molecule has 4 rings (SSSR count). The summed E-state index contributed by atoms with van der Waals surface area (Å²) in [6.07, 6.45) is 7.52. The van der Waals surface area contributed by atoms with Crippen molar-refractivity contribution < 1.29 is 4.74 Å². The van der Waals surface area contributed by atoms with E-state index in [9.17, 15) is 0 Å². The van der Waals surface area contributed by atoms with Gasteiger partial charge in [-0.1, -0.05) is 0 Å². The summed E-state index contributed by atoms with van der Waals surface area (Å²) in [6.45, 7) is 4.20. The minimum atomic E-state index is 0.131. The maximum atomic E-state index is 5.66. The van der Waals surface area contributed by atoms with Gasteiger partial charge in [0, 0.05) is 25.7 Å². The zero-order chi connectivity index (χ0) is 14.1. The summed E-state index contributed by atoms with van der Waals surface area (Å²) in [7, 11) is 0. The van der Waals surface area contributed by atoms with Gasteiger partial charge in [0.1, 0.15) is 6.10 Å². The van der Waals surface area contributed by atoms with E-state index < -0.39 is 0 Å². The molecule has 2 atom stereocenters. The average Bonchev–Trinajstić information content (AvgIpc) is 3.27. The zero-order valence-electron chi connectivity index (χ0n) is 12.6. The average molecular weight is 291 g/mol. The minimum Gasteiger partial charge on any atom is -0.370 e. The monoisotopic (exact) mass is 291 g/mol. The second-order valence-electron chi connectivity index (χ2n) is 6.55. The molecule has 2 N–H and O–H groups in total. The van der Waals surface area contributed by atoms with Crippen LogP contribution < -0.4 is 10.2 Å². The van der Waals surface area contributed by atoms with E-state index in [-0.39, 0.29) is 6.10 Å². The third kappa shape index (κ3) is 2.79. The van der Waals surface area contributed by atoms with Crippen LogP contribution in [0.15, 0.2) is 0 Å². The molecule has 6 nitrogen and oxygen atoms in total. The van der Waals surface area contributed by atoms with Crippen molar-refractivity contribution in [1.29, 1.82) is 0 Å². The summed E-state index contributed by atoms with van der Waals surface area (Å²) in [5.74, 6) is 2.60. The van der Waals surface area contributed by atoms with Gasteiger partial charge in [0.05, 0.1) is 0 Å². The van der Waals surface area contributed by atoms with E-state index in [2.05, 4.69) is 25.4 Å². The number of piperidine rings is 1. The smallest absolute Gasteiger partial charge is 0.244 e. The van der Waals surface area contributed by atoms with Gasteiger partial charge in [0.25, 0.3) is 0 Å². The lowest BCUT2D eigenvalue weighted by atomic mass is 9.89. The molecule has 0 aromatic carbocycles. The van der Waals surface area contributed by atoms with E-state index in [1.54, 1.807) is 0 Å². The molecule has 0 bridgehead atoms. The molecule has 1 aromatic rings. The van der Waals surface area contributed by atoms with Gasteiger partial charge in [-0.05, 0) is 51.0 Å². The Hall–Kier alpha value is -1.14. The van der Waals surface area contributed by atoms with Crippen molar-refractivity contribution >= 4 is 5.95 Å². The molecule has 0 amide bonds. The molecule has 3 saturated heterocycles. The van der Waals surface area contributed by atoms with Gasteiger partial charge < -0.3 is 15.0 Å². The highest BCUT2D eigenvalue weighted by atomic mass is 16.5. The fraction of sp³-hybridized carbons (Fsp3) is 0.867. The van der Waals surface area contributed by atoms with E-state index in [4.69, 9.17) is 4.74 Å². The first-order chi connectivity index (χ1) is 10.4. The van der Waals surface area contributed by atoms with Crippen molar-refractivity contribution in [2.24, 2.45) is 5.92 Å². The topological polar surface area (TPSA) is 66.1 Å². The number of anilines is 1. The Morgan fingerprint density at radius 1 is 1.10 bits per heavy atom. The molecular formula is C15H25N5O. The maximum Gasteiger partial charge on any atom is 0.244 e. The molecule has 116 valence electrons. The van der Waals surface area contributed by atoms with Crippen molar-refractivity contribution in [1.82, 2.24) is 20.5 Å². The number of hydrogen-bond acceptors (Lipinski definition) is 5. The highest BCUT2D eigenvalue weighted by Crippen LogP contribution is 2.29. The lowest BCUT2D eigenvalue weighted by molar-refractivity contribution is 0.105. The van der Waals surface area contributed by atoms with Crippen LogP contribution in [0, 0.1) is 5.92 Å². The number of aromatic amines is 1. The van der Waals surface area contributed by atoms with Gasteiger partial charge in [-0.15, -0.1) is 5.10 Å². The second kappa shape index (κ2) is 5.93. The highest BCUT2D eigenvalue weighted by molar-refractivity contribution is 5.29. The van der Waals surface area contributed by atoms with Crippen LogP contribution in [0.1, 0.15) is 50.5 Å². The molecule has 1 aromatic heterocycles. The maximum absolute atomic E-state index is 5.66. The third-order valence-electron chi connectivity index (χ3n) is 5.22. The Labute approximate surface area is 125 Å².